The van der Waals surface area contributed by atoms with Gasteiger partial charge in [0.15, 0.2) is 6.61 Å². The van der Waals surface area contributed by atoms with Crippen LogP contribution in [0.3, 0.4) is 0 Å². The predicted octanol–water partition coefficient (Wildman–Crippen LogP) is 1.67. The number of nitrogens with one attached hydrogen (secondary N) is 1. The van der Waals surface area contributed by atoms with E-state index in [2.05, 4.69) is 5.32 Å². The number of carboxylic acid groups (broad SMARTS) is 1. The third kappa shape index (κ3) is 4.95. The zero-order chi connectivity index (χ0) is 14.4. The van der Waals surface area contributed by atoms with Crippen LogP contribution in [0.5, 0.6) is 5.75 Å². The molecule has 5 nitrogen and oxygen atoms in total. The van der Waals surface area contributed by atoms with Crippen LogP contribution in [0.1, 0.15) is 24.2 Å². The van der Waals surface area contributed by atoms with E-state index in [0.717, 1.165) is 12.1 Å². The monoisotopic (exact) mass is 269 g/mol. The van der Waals surface area contributed by atoms with E-state index in [4.69, 9.17) is 9.84 Å². The van der Waals surface area contributed by atoms with Gasteiger partial charge in [-0.1, -0.05) is 13.8 Å². The fraction of sp³-hybridized carbons (Fsp3) is 0.385. The Hall–Kier alpha value is -2.11. The fourth-order valence-corrected chi connectivity index (χ4v) is 1.28. The number of carbonyl (C=O) groups is 2. The van der Waals surface area contributed by atoms with Gasteiger partial charge in [0.25, 0.3) is 5.91 Å². The van der Waals surface area contributed by atoms with Crippen molar-refractivity contribution >= 4 is 11.9 Å². The van der Waals surface area contributed by atoms with Crippen molar-refractivity contribution in [3.05, 3.63) is 29.6 Å². The highest BCUT2D eigenvalue weighted by Gasteiger charge is 2.11. The molecule has 0 fully saturated rings. The molecule has 6 heteroatoms. The molecule has 2 N–H and O–H groups in total. The number of hydrogen-bond donors (Lipinski definition) is 2. The van der Waals surface area contributed by atoms with Crippen molar-refractivity contribution in [2.45, 2.75) is 13.8 Å². The van der Waals surface area contributed by atoms with Crippen LogP contribution in [0, 0.1) is 11.7 Å². The van der Waals surface area contributed by atoms with E-state index in [9.17, 15) is 14.0 Å². The molecule has 0 aliphatic rings. The summed E-state index contributed by atoms with van der Waals surface area (Å²) in [7, 11) is 0. The molecular weight excluding hydrogens is 253 g/mol. The molecule has 19 heavy (non-hydrogen) atoms. The third-order valence-electron chi connectivity index (χ3n) is 2.25. The molecule has 0 radical (unpaired) electrons. The second-order valence-electron chi connectivity index (χ2n) is 4.43. The summed E-state index contributed by atoms with van der Waals surface area (Å²) in [6, 6.07) is 3.35. The average Bonchev–Trinajstić information content (AvgIpc) is 2.33. The van der Waals surface area contributed by atoms with Crippen molar-refractivity contribution in [2.24, 2.45) is 5.92 Å². The summed E-state index contributed by atoms with van der Waals surface area (Å²) < 4.78 is 18.4. The summed E-state index contributed by atoms with van der Waals surface area (Å²) in [6.45, 7) is 4.22. The van der Waals surface area contributed by atoms with Gasteiger partial charge in [-0.15, -0.1) is 0 Å². The maximum Gasteiger partial charge on any atom is 0.338 e. The van der Waals surface area contributed by atoms with Crippen molar-refractivity contribution in [2.75, 3.05) is 13.2 Å². The van der Waals surface area contributed by atoms with E-state index >= 15 is 0 Å². The van der Waals surface area contributed by atoms with Gasteiger partial charge in [0.1, 0.15) is 11.6 Å². The molecule has 0 atom stereocenters. The molecule has 1 aromatic rings. The van der Waals surface area contributed by atoms with Gasteiger partial charge in [0.2, 0.25) is 0 Å². The van der Waals surface area contributed by atoms with Crippen molar-refractivity contribution in [1.82, 2.24) is 5.32 Å². The van der Waals surface area contributed by atoms with E-state index in [-0.39, 0.29) is 18.3 Å². The second kappa shape index (κ2) is 6.72. The Balaban J connectivity index is 2.52. The molecule has 1 rings (SSSR count). The van der Waals surface area contributed by atoms with Crippen molar-refractivity contribution < 1.29 is 23.8 Å². The van der Waals surface area contributed by atoms with Gasteiger partial charge in [-0.25, -0.2) is 9.18 Å². The first-order valence-corrected chi connectivity index (χ1v) is 5.82. The summed E-state index contributed by atoms with van der Waals surface area (Å²) in [6.07, 6.45) is 0. The Kier molecular flexibility index (Phi) is 5.29. The zero-order valence-corrected chi connectivity index (χ0v) is 10.8. The van der Waals surface area contributed by atoms with E-state index in [1.54, 1.807) is 0 Å². The smallest absolute Gasteiger partial charge is 0.338 e. The van der Waals surface area contributed by atoms with Crippen LogP contribution in [0.2, 0.25) is 0 Å². The van der Waals surface area contributed by atoms with Gasteiger partial charge in [0, 0.05) is 12.6 Å². The first-order chi connectivity index (χ1) is 8.90. The molecule has 0 aromatic heterocycles. The van der Waals surface area contributed by atoms with Crippen LogP contribution in [0.4, 0.5) is 4.39 Å². The number of rotatable bonds is 6. The summed E-state index contributed by atoms with van der Waals surface area (Å²) in [5.74, 6) is -2.11. The third-order valence-corrected chi connectivity index (χ3v) is 2.25. The van der Waals surface area contributed by atoms with Crippen LogP contribution < -0.4 is 10.1 Å². The minimum atomic E-state index is -1.35. The van der Waals surface area contributed by atoms with Gasteiger partial charge in [-0.2, -0.15) is 0 Å². The maximum atomic E-state index is 13.3. The van der Waals surface area contributed by atoms with Gasteiger partial charge in [-0.3, -0.25) is 4.79 Å². The molecular formula is C13H16FNO4. The SMILES string of the molecule is CC(C)CNC(=O)COc1ccc(C(=O)O)c(F)c1. The Labute approximate surface area is 110 Å². The van der Waals surface area contributed by atoms with Crippen molar-refractivity contribution in [3.63, 3.8) is 0 Å². The first kappa shape index (κ1) is 14.9. The average molecular weight is 269 g/mol. The van der Waals surface area contributed by atoms with Gasteiger partial charge in [-0.05, 0) is 18.1 Å². The molecule has 0 saturated heterocycles. The lowest BCUT2D eigenvalue weighted by Gasteiger charge is -2.09. The molecule has 1 amide bonds. The number of ether oxygens (including phenoxy) is 1. The Morgan fingerprint density at radius 1 is 1.42 bits per heavy atom. The van der Waals surface area contributed by atoms with Crippen molar-refractivity contribution in [1.29, 1.82) is 0 Å². The highest BCUT2D eigenvalue weighted by atomic mass is 19.1. The van der Waals surface area contributed by atoms with Crippen LogP contribution in [-0.2, 0) is 4.79 Å². The van der Waals surface area contributed by atoms with Crippen LogP contribution in [-0.4, -0.2) is 30.1 Å². The van der Waals surface area contributed by atoms with Crippen LogP contribution in [0.15, 0.2) is 18.2 Å². The number of carboxylic acids is 1. The fourth-order valence-electron chi connectivity index (χ4n) is 1.28. The lowest BCUT2D eigenvalue weighted by Crippen LogP contribution is -2.31. The Morgan fingerprint density at radius 3 is 2.63 bits per heavy atom. The second-order valence-corrected chi connectivity index (χ2v) is 4.43. The molecule has 0 aliphatic heterocycles. The molecule has 0 saturated carbocycles. The quantitative estimate of drug-likeness (QED) is 0.823. The summed E-state index contributed by atoms with van der Waals surface area (Å²) in [5.41, 5.74) is -0.434. The van der Waals surface area contributed by atoms with Gasteiger partial charge in [0.05, 0.1) is 5.56 Å². The van der Waals surface area contributed by atoms with Gasteiger partial charge < -0.3 is 15.2 Å². The van der Waals surface area contributed by atoms with Gasteiger partial charge >= 0.3 is 5.97 Å². The number of halogens is 1. The lowest BCUT2D eigenvalue weighted by molar-refractivity contribution is -0.123. The van der Waals surface area contributed by atoms with E-state index in [1.807, 2.05) is 13.8 Å². The number of benzene rings is 1. The summed E-state index contributed by atoms with van der Waals surface area (Å²) in [5, 5.41) is 11.3. The molecule has 0 heterocycles. The minimum absolute atomic E-state index is 0.113. The minimum Gasteiger partial charge on any atom is -0.484 e. The molecule has 0 bridgehead atoms. The van der Waals surface area contributed by atoms with Crippen LogP contribution >= 0.6 is 0 Å². The number of amides is 1. The normalized spacial score (nSPS) is 10.3. The Bertz CT molecular complexity index is 474. The maximum absolute atomic E-state index is 13.3. The highest BCUT2D eigenvalue weighted by Crippen LogP contribution is 2.16. The largest absolute Gasteiger partial charge is 0.484 e. The highest BCUT2D eigenvalue weighted by molar-refractivity contribution is 5.88. The standard InChI is InChI=1S/C13H16FNO4/c1-8(2)6-15-12(16)7-19-9-3-4-10(13(17)18)11(14)5-9/h3-5,8H,6-7H2,1-2H3,(H,15,16)(H,17,18). The molecule has 0 aliphatic carbocycles. The topological polar surface area (TPSA) is 75.6 Å². The van der Waals surface area contributed by atoms with E-state index in [1.165, 1.54) is 6.07 Å². The number of aromatic carboxylic acids is 1. The van der Waals surface area contributed by atoms with E-state index in [0.29, 0.717) is 12.5 Å². The molecule has 104 valence electrons. The van der Waals surface area contributed by atoms with E-state index < -0.39 is 17.3 Å². The summed E-state index contributed by atoms with van der Waals surface area (Å²) >= 11 is 0. The Morgan fingerprint density at radius 2 is 2.11 bits per heavy atom. The summed E-state index contributed by atoms with van der Waals surface area (Å²) in [4.78, 5) is 22.0. The van der Waals surface area contributed by atoms with Crippen molar-refractivity contribution in [3.8, 4) is 5.75 Å². The molecule has 1 aromatic carbocycles. The first-order valence-electron chi connectivity index (χ1n) is 5.82. The number of hydrogen-bond acceptors (Lipinski definition) is 3. The predicted molar refractivity (Wildman–Crippen MR) is 66.7 cm³/mol. The zero-order valence-electron chi connectivity index (χ0n) is 10.8. The molecule has 0 spiro atoms. The lowest BCUT2D eigenvalue weighted by atomic mass is 10.2. The van der Waals surface area contributed by atoms with Crippen LogP contribution in [0.25, 0.3) is 0 Å². The number of carbonyl (C=O) groups excluding carboxylic acids is 1. The molecule has 0 unspecified atom stereocenters.